The third kappa shape index (κ3) is 3.62. The molecule has 1 atom stereocenters. The van der Waals surface area contributed by atoms with Crippen molar-refractivity contribution in [1.82, 2.24) is 19.1 Å². The van der Waals surface area contributed by atoms with Crippen molar-refractivity contribution in [2.45, 2.75) is 70.5 Å². The molecule has 8 nitrogen and oxygen atoms in total. The van der Waals surface area contributed by atoms with E-state index in [1.807, 2.05) is 18.3 Å². The molecule has 0 bridgehead atoms. The summed E-state index contributed by atoms with van der Waals surface area (Å²) in [6, 6.07) is 12.6. The van der Waals surface area contributed by atoms with Gasteiger partial charge in [-0.15, -0.1) is 0 Å². The van der Waals surface area contributed by atoms with Crippen molar-refractivity contribution in [1.29, 1.82) is 5.26 Å². The molecule has 3 aromatic heterocycles. The molecule has 0 spiro atoms. The zero-order chi connectivity index (χ0) is 24.8. The van der Waals surface area contributed by atoms with E-state index < -0.39 is 0 Å². The van der Waals surface area contributed by atoms with E-state index in [4.69, 9.17) is 9.72 Å². The van der Waals surface area contributed by atoms with E-state index in [1.165, 1.54) is 26.4 Å². The minimum atomic E-state index is -0.326. The first-order valence-corrected chi connectivity index (χ1v) is 12.8. The van der Waals surface area contributed by atoms with E-state index in [0.29, 0.717) is 18.3 Å². The normalized spacial score (nSPS) is 18.4. The molecular weight excluding hydrogens is 452 g/mol. The summed E-state index contributed by atoms with van der Waals surface area (Å²) in [4.78, 5) is 24.2. The third-order valence-electron chi connectivity index (χ3n) is 7.88. The zero-order valence-electron chi connectivity index (χ0n) is 20.8. The lowest BCUT2D eigenvalue weighted by molar-refractivity contribution is 0.175. The highest BCUT2D eigenvalue weighted by Crippen LogP contribution is 2.39. The van der Waals surface area contributed by atoms with Crippen LogP contribution in [0.3, 0.4) is 0 Å². The smallest absolute Gasteiger partial charge is 0.414 e. The van der Waals surface area contributed by atoms with Gasteiger partial charge in [0.25, 0.3) is 0 Å². The van der Waals surface area contributed by atoms with Crippen molar-refractivity contribution in [2.75, 3.05) is 12.0 Å². The molecule has 4 aromatic rings. The second-order valence-electron chi connectivity index (χ2n) is 10.0. The Morgan fingerprint density at radius 2 is 1.94 bits per heavy atom. The first kappa shape index (κ1) is 22.6. The van der Waals surface area contributed by atoms with Crippen LogP contribution in [0.2, 0.25) is 0 Å². The molecule has 1 amide bonds. The molecule has 4 heterocycles. The lowest BCUT2D eigenvalue weighted by Gasteiger charge is -2.34. The molecular formula is C28H30N6O2. The van der Waals surface area contributed by atoms with Gasteiger partial charge in [0.1, 0.15) is 23.2 Å². The van der Waals surface area contributed by atoms with Gasteiger partial charge in [-0.3, -0.25) is 4.90 Å². The first-order chi connectivity index (χ1) is 17.6. The number of anilines is 1. The number of hydrogen-bond acceptors (Lipinski definition) is 5. The van der Waals surface area contributed by atoms with Crippen LogP contribution >= 0.6 is 0 Å². The molecule has 2 aliphatic rings. The Kier molecular flexibility index (Phi) is 5.63. The highest BCUT2D eigenvalue weighted by atomic mass is 16.5. The summed E-state index contributed by atoms with van der Waals surface area (Å²) in [7, 11) is 1.44. The van der Waals surface area contributed by atoms with Crippen molar-refractivity contribution < 1.29 is 9.53 Å². The lowest BCUT2D eigenvalue weighted by Crippen LogP contribution is -2.42. The molecule has 1 aliphatic heterocycles. The molecule has 0 N–H and O–H groups in total. The van der Waals surface area contributed by atoms with Crippen LogP contribution in [0.5, 0.6) is 0 Å². The number of nitriles is 1. The fourth-order valence-corrected chi connectivity index (χ4v) is 6.08. The van der Waals surface area contributed by atoms with Crippen LogP contribution in [-0.2, 0) is 17.7 Å². The number of ether oxygens (including phenoxy) is 1. The molecule has 36 heavy (non-hydrogen) atoms. The molecule has 0 unspecified atom stereocenters. The number of pyridine rings is 1. The maximum Gasteiger partial charge on any atom is 0.414 e. The maximum absolute atomic E-state index is 12.6. The Morgan fingerprint density at radius 3 is 2.72 bits per heavy atom. The van der Waals surface area contributed by atoms with E-state index in [2.05, 4.69) is 39.2 Å². The first-order valence-electron chi connectivity index (χ1n) is 12.8. The zero-order valence-corrected chi connectivity index (χ0v) is 20.8. The number of aryl methyl sites for hydroxylation is 1. The molecule has 1 aromatic carbocycles. The van der Waals surface area contributed by atoms with Gasteiger partial charge in [-0.05, 0) is 62.9 Å². The Hall–Kier alpha value is -3.86. The van der Waals surface area contributed by atoms with Gasteiger partial charge in [-0.2, -0.15) is 5.26 Å². The number of nitrogens with zero attached hydrogens (tertiary/aromatic N) is 6. The van der Waals surface area contributed by atoms with Gasteiger partial charge in [0.2, 0.25) is 0 Å². The fraction of sp³-hybridized carbons (Fsp3) is 0.429. The molecule has 0 radical (unpaired) electrons. The quantitative estimate of drug-likeness (QED) is 0.373. The Labute approximate surface area is 210 Å². The number of rotatable bonds is 3. The minimum Gasteiger partial charge on any atom is -0.452 e. The summed E-state index contributed by atoms with van der Waals surface area (Å²) in [6.45, 7) is 2.64. The average Bonchev–Trinajstić information content (AvgIpc) is 3.49. The van der Waals surface area contributed by atoms with Crippen LogP contribution in [0.4, 0.5) is 10.5 Å². The number of imidazole rings is 1. The van der Waals surface area contributed by atoms with Crippen LogP contribution in [-0.4, -0.2) is 38.3 Å². The van der Waals surface area contributed by atoms with Crippen LogP contribution in [0.15, 0.2) is 36.5 Å². The largest absolute Gasteiger partial charge is 0.452 e. The highest BCUT2D eigenvalue weighted by molar-refractivity contribution is 5.95. The number of carbonyl (C=O) groups is 1. The lowest BCUT2D eigenvalue weighted by atomic mass is 9.94. The maximum atomic E-state index is 12.6. The van der Waals surface area contributed by atoms with E-state index >= 15 is 0 Å². The molecule has 6 rings (SSSR count). The van der Waals surface area contributed by atoms with Crippen LogP contribution in [0.1, 0.15) is 68.6 Å². The number of aromatic nitrogens is 4. The van der Waals surface area contributed by atoms with Gasteiger partial charge >= 0.3 is 6.09 Å². The van der Waals surface area contributed by atoms with Crippen molar-refractivity contribution >= 4 is 33.8 Å². The predicted molar refractivity (Wildman–Crippen MR) is 138 cm³/mol. The summed E-state index contributed by atoms with van der Waals surface area (Å²) in [5.74, 6) is 0.996. The van der Waals surface area contributed by atoms with Crippen molar-refractivity contribution in [3.63, 3.8) is 0 Å². The topological polar surface area (TPSA) is 89.0 Å². The summed E-state index contributed by atoms with van der Waals surface area (Å²) in [5.41, 5.74) is 5.35. The molecule has 184 valence electrons. The monoisotopic (exact) mass is 482 g/mol. The van der Waals surface area contributed by atoms with Crippen molar-refractivity contribution in [3.05, 3.63) is 53.6 Å². The summed E-state index contributed by atoms with van der Waals surface area (Å²) < 4.78 is 9.64. The molecule has 1 fully saturated rings. The van der Waals surface area contributed by atoms with E-state index in [1.54, 1.807) is 11.0 Å². The van der Waals surface area contributed by atoms with Gasteiger partial charge in [-0.25, -0.2) is 14.8 Å². The minimum absolute atomic E-state index is 0.0777. The molecule has 1 aliphatic carbocycles. The van der Waals surface area contributed by atoms with Gasteiger partial charge in [-0.1, -0.05) is 19.3 Å². The second-order valence-corrected chi connectivity index (χ2v) is 10.0. The standard InChI is InChI=1S/C28H30N6O2/c1-18-8-11-22-23(33(18)28(35)36-2)12-13-24-26(22)31-25(34(24)21-6-4-3-5-7-21)17-32-15-14-19-9-10-20(16-29)30-27(19)32/h9-10,12-15,18,21H,3-8,11,17H2,1-2H3/t18-/m0/s1. The van der Waals surface area contributed by atoms with Gasteiger partial charge in [0, 0.05) is 29.2 Å². The van der Waals surface area contributed by atoms with Crippen molar-refractivity contribution in [2.24, 2.45) is 0 Å². The Balaban J connectivity index is 1.51. The SMILES string of the molecule is COC(=O)N1c2ccc3c(nc(Cn4ccc5ccc(C#N)nc54)n3C3CCCCC3)c2CC[C@@H]1C. The van der Waals surface area contributed by atoms with Gasteiger partial charge in [0.05, 0.1) is 30.4 Å². The summed E-state index contributed by atoms with van der Waals surface area (Å²) >= 11 is 0. The fourth-order valence-electron chi connectivity index (χ4n) is 6.08. The molecule has 8 heteroatoms. The third-order valence-corrected chi connectivity index (χ3v) is 7.88. The molecule has 1 saturated carbocycles. The van der Waals surface area contributed by atoms with E-state index in [-0.39, 0.29) is 12.1 Å². The molecule has 0 saturated heterocycles. The van der Waals surface area contributed by atoms with Crippen LogP contribution < -0.4 is 4.90 Å². The Morgan fingerprint density at radius 1 is 1.11 bits per heavy atom. The number of benzene rings is 1. The second kappa shape index (κ2) is 8.98. The number of amides is 1. The number of hydrogen-bond donors (Lipinski definition) is 0. The van der Waals surface area contributed by atoms with Crippen LogP contribution in [0.25, 0.3) is 22.1 Å². The highest BCUT2D eigenvalue weighted by Gasteiger charge is 2.32. The Bertz CT molecular complexity index is 1500. The average molecular weight is 483 g/mol. The van der Waals surface area contributed by atoms with Crippen LogP contribution in [0, 0.1) is 11.3 Å². The predicted octanol–water partition coefficient (Wildman–Crippen LogP) is 5.72. The summed E-state index contributed by atoms with van der Waals surface area (Å²) in [6.07, 6.45) is 9.46. The number of methoxy groups -OCH3 is 1. The van der Waals surface area contributed by atoms with E-state index in [9.17, 15) is 10.1 Å². The van der Waals surface area contributed by atoms with Gasteiger partial charge < -0.3 is 13.9 Å². The number of fused-ring (bicyclic) bond motifs is 4. The van der Waals surface area contributed by atoms with Crippen molar-refractivity contribution in [3.8, 4) is 6.07 Å². The van der Waals surface area contributed by atoms with E-state index in [0.717, 1.165) is 64.8 Å². The van der Waals surface area contributed by atoms with Gasteiger partial charge in [0.15, 0.2) is 0 Å². The number of carbonyl (C=O) groups excluding carboxylic acids is 1. The summed E-state index contributed by atoms with van der Waals surface area (Å²) in [5, 5.41) is 10.4.